The predicted molar refractivity (Wildman–Crippen MR) is 77.6 cm³/mol. The summed E-state index contributed by atoms with van der Waals surface area (Å²) in [6.45, 7) is 0. The second-order valence-electron chi connectivity index (χ2n) is 5.18. The van der Waals surface area contributed by atoms with E-state index in [4.69, 9.17) is 17.3 Å². The van der Waals surface area contributed by atoms with E-state index in [2.05, 4.69) is 24.7 Å². The summed E-state index contributed by atoms with van der Waals surface area (Å²) in [5, 5.41) is 10.5. The maximum Gasteiger partial charge on any atom is 0.221 e. The van der Waals surface area contributed by atoms with Crippen molar-refractivity contribution in [2.75, 3.05) is 5.73 Å². The van der Waals surface area contributed by atoms with Gasteiger partial charge in [0.15, 0.2) is 10.8 Å². The maximum absolute atomic E-state index is 5.97. The molecular formula is C13H13ClN6. The lowest BCUT2D eigenvalue weighted by Crippen LogP contribution is -2.07. The Morgan fingerprint density at radius 1 is 1.15 bits per heavy atom. The normalized spacial score (nSPS) is 16.4. The number of aromatic nitrogens is 5. The van der Waals surface area contributed by atoms with E-state index in [0.29, 0.717) is 11.2 Å². The van der Waals surface area contributed by atoms with Crippen LogP contribution in [-0.2, 0) is 0 Å². The highest BCUT2D eigenvalue weighted by atomic mass is 35.5. The largest absolute Gasteiger partial charge is 0.368 e. The summed E-state index contributed by atoms with van der Waals surface area (Å²) in [6, 6.07) is 2.22. The molecule has 3 aromatic heterocycles. The summed E-state index contributed by atoms with van der Waals surface area (Å²) in [5.74, 6) is 0.276. The van der Waals surface area contributed by atoms with Gasteiger partial charge in [0.05, 0.1) is 0 Å². The van der Waals surface area contributed by atoms with Gasteiger partial charge in [-0.05, 0) is 18.9 Å². The Morgan fingerprint density at radius 3 is 2.75 bits per heavy atom. The summed E-state index contributed by atoms with van der Waals surface area (Å²) >= 11 is 5.97. The molecule has 0 spiro atoms. The number of hydrogen-bond donors (Lipinski definition) is 1. The zero-order chi connectivity index (χ0) is 13.7. The van der Waals surface area contributed by atoms with Crippen molar-refractivity contribution >= 4 is 39.6 Å². The van der Waals surface area contributed by atoms with E-state index in [1.165, 1.54) is 12.8 Å². The highest BCUT2D eigenvalue weighted by molar-refractivity contribution is 6.30. The third-order valence-electron chi connectivity index (χ3n) is 3.97. The van der Waals surface area contributed by atoms with Gasteiger partial charge in [-0.25, -0.2) is 4.98 Å². The Hall–Kier alpha value is -1.95. The molecule has 1 aliphatic rings. The predicted octanol–water partition coefficient (Wildman–Crippen LogP) is 2.73. The summed E-state index contributed by atoms with van der Waals surface area (Å²) in [6.07, 6.45) is 6.46. The van der Waals surface area contributed by atoms with Gasteiger partial charge in [-0.1, -0.05) is 24.4 Å². The highest BCUT2D eigenvalue weighted by Crippen LogP contribution is 2.37. The molecule has 1 aliphatic carbocycles. The SMILES string of the molecule is Nc1ncc2c3cc(Cl)nnc3n(C3CCCC3)c2n1. The van der Waals surface area contributed by atoms with Gasteiger partial charge in [0.2, 0.25) is 5.95 Å². The number of nitrogens with zero attached hydrogens (tertiary/aromatic N) is 5. The van der Waals surface area contributed by atoms with E-state index in [1.54, 1.807) is 6.20 Å². The minimum absolute atomic E-state index is 0.276. The first kappa shape index (κ1) is 11.8. The molecule has 2 N–H and O–H groups in total. The van der Waals surface area contributed by atoms with E-state index in [0.717, 1.165) is 34.9 Å². The van der Waals surface area contributed by atoms with Gasteiger partial charge in [0.1, 0.15) is 5.65 Å². The van der Waals surface area contributed by atoms with Crippen LogP contribution in [0.1, 0.15) is 31.7 Å². The molecule has 4 rings (SSSR count). The molecule has 0 amide bonds. The van der Waals surface area contributed by atoms with Crippen molar-refractivity contribution in [3.05, 3.63) is 17.4 Å². The molecule has 3 heterocycles. The highest BCUT2D eigenvalue weighted by Gasteiger charge is 2.24. The lowest BCUT2D eigenvalue weighted by atomic mass is 10.2. The molecular weight excluding hydrogens is 276 g/mol. The number of halogens is 1. The van der Waals surface area contributed by atoms with Gasteiger partial charge in [-0.15, -0.1) is 10.2 Å². The Labute approximate surface area is 120 Å². The van der Waals surface area contributed by atoms with E-state index in [9.17, 15) is 0 Å². The summed E-state index contributed by atoms with van der Waals surface area (Å²) in [5.41, 5.74) is 7.39. The Balaban J connectivity index is 2.13. The van der Waals surface area contributed by atoms with Gasteiger partial charge in [-0.2, -0.15) is 4.98 Å². The van der Waals surface area contributed by atoms with Crippen LogP contribution in [0.4, 0.5) is 5.95 Å². The molecule has 0 unspecified atom stereocenters. The number of rotatable bonds is 1. The summed E-state index contributed by atoms with van der Waals surface area (Å²) in [4.78, 5) is 8.49. The number of anilines is 1. The van der Waals surface area contributed by atoms with Crippen LogP contribution in [0, 0.1) is 0 Å². The molecule has 7 heteroatoms. The average molecular weight is 289 g/mol. The Morgan fingerprint density at radius 2 is 1.95 bits per heavy atom. The molecule has 0 saturated heterocycles. The van der Waals surface area contributed by atoms with E-state index in [-0.39, 0.29) is 5.95 Å². The molecule has 0 aromatic carbocycles. The first-order valence-corrected chi connectivity index (χ1v) is 7.07. The van der Waals surface area contributed by atoms with Gasteiger partial charge in [-0.3, -0.25) is 0 Å². The van der Waals surface area contributed by atoms with Crippen LogP contribution in [-0.4, -0.2) is 24.7 Å². The standard InChI is InChI=1S/C13H13ClN6/c14-10-5-8-9-6-16-13(15)17-11(9)20(12(8)19-18-10)7-3-1-2-4-7/h5-7H,1-4H2,(H2,15,16,17). The Bertz CT molecular complexity index is 805. The molecule has 0 radical (unpaired) electrons. The van der Waals surface area contributed by atoms with E-state index >= 15 is 0 Å². The van der Waals surface area contributed by atoms with Crippen LogP contribution in [0.15, 0.2) is 12.3 Å². The molecule has 6 nitrogen and oxygen atoms in total. The fraction of sp³-hybridized carbons (Fsp3) is 0.385. The smallest absolute Gasteiger partial charge is 0.221 e. The molecule has 1 saturated carbocycles. The number of nitrogen functional groups attached to an aromatic ring is 1. The van der Waals surface area contributed by atoms with Crippen molar-refractivity contribution in [1.29, 1.82) is 0 Å². The first-order chi connectivity index (χ1) is 9.74. The number of hydrogen-bond acceptors (Lipinski definition) is 5. The van der Waals surface area contributed by atoms with Crippen LogP contribution >= 0.6 is 11.6 Å². The van der Waals surface area contributed by atoms with E-state index < -0.39 is 0 Å². The van der Waals surface area contributed by atoms with Crippen molar-refractivity contribution in [3.63, 3.8) is 0 Å². The van der Waals surface area contributed by atoms with E-state index in [1.807, 2.05) is 6.07 Å². The van der Waals surface area contributed by atoms with Crippen LogP contribution in [0.2, 0.25) is 5.15 Å². The average Bonchev–Trinajstić information content (AvgIpc) is 3.03. The van der Waals surface area contributed by atoms with Crippen LogP contribution in [0.5, 0.6) is 0 Å². The van der Waals surface area contributed by atoms with Crippen LogP contribution in [0.25, 0.3) is 22.1 Å². The van der Waals surface area contributed by atoms with Gasteiger partial charge >= 0.3 is 0 Å². The quantitative estimate of drug-likeness (QED) is 0.744. The third-order valence-corrected chi connectivity index (χ3v) is 4.15. The van der Waals surface area contributed by atoms with Gasteiger partial charge in [0, 0.05) is 23.0 Å². The number of fused-ring (bicyclic) bond motifs is 3. The monoisotopic (exact) mass is 288 g/mol. The topological polar surface area (TPSA) is 82.5 Å². The zero-order valence-electron chi connectivity index (χ0n) is 10.8. The van der Waals surface area contributed by atoms with Crippen LogP contribution in [0.3, 0.4) is 0 Å². The lowest BCUT2D eigenvalue weighted by molar-refractivity contribution is 0.542. The van der Waals surface area contributed by atoms with Crippen molar-refractivity contribution in [2.24, 2.45) is 0 Å². The van der Waals surface area contributed by atoms with Crippen molar-refractivity contribution < 1.29 is 0 Å². The minimum atomic E-state index is 0.276. The second-order valence-corrected chi connectivity index (χ2v) is 5.57. The molecule has 1 fully saturated rings. The zero-order valence-corrected chi connectivity index (χ0v) is 11.5. The molecule has 3 aromatic rings. The minimum Gasteiger partial charge on any atom is -0.368 e. The molecule has 0 bridgehead atoms. The second kappa shape index (κ2) is 4.28. The van der Waals surface area contributed by atoms with Crippen molar-refractivity contribution in [3.8, 4) is 0 Å². The van der Waals surface area contributed by atoms with Gasteiger partial charge < -0.3 is 10.3 Å². The fourth-order valence-corrected chi connectivity index (χ4v) is 3.25. The molecule has 20 heavy (non-hydrogen) atoms. The summed E-state index contributed by atoms with van der Waals surface area (Å²) in [7, 11) is 0. The van der Waals surface area contributed by atoms with Crippen LogP contribution < -0.4 is 5.73 Å². The van der Waals surface area contributed by atoms with Crippen molar-refractivity contribution in [1.82, 2.24) is 24.7 Å². The fourth-order valence-electron chi connectivity index (χ4n) is 3.11. The first-order valence-electron chi connectivity index (χ1n) is 6.69. The van der Waals surface area contributed by atoms with Crippen molar-refractivity contribution in [2.45, 2.75) is 31.7 Å². The summed E-state index contributed by atoms with van der Waals surface area (Å²) < 4.78 is 2.15. The number of nitrogens with two attached hydrogens (primary N) is 1. The maximum atomic E-state index is 5.97. The molecule has 0 aliphatic heterocycles. The molecule has 0 atom stereocenters. The van der Waals surface area contributed by atoms with Gasteiger partial charge in [0.25, 0.3) is 0 Å². The lowest BCUT2D eigenvalue weighted by Gasteiger charge is -2.13. The molecule has 102 valence electrons. The Kier molecular flexibility index (Phi) is 2.53. The third kappa shape index (κ3) is 1.64.